The summed E-state index contributed by atoms with van der Waals surface area (Å²) in [6.45, 7) is -0.333. The van der Waals surface area contributed by atoms with Crippen LogP contribution in [0.15, 0.2) is 0 Å². The fourth-order valence-electron chi connectivity index (χ4n) is 0.526. The predicted octanol–water partition coefficient (Wildman–Crippen LogP) is -1.08. The van der Waals surface area contributed by atoms with Gasteiger partial charge in [-0.05, 0) is 0 Å². The van der Waals surface area contributed by atoms with Crippen molar-refractivity contribution in [2.24, 2.45) is 0 Å². The molecule has 6 heteroatoms. The molecule has 0 saturated carbocycles. The van der Waals surface area contributed by atoms with Crippen molar-refractivity contribution in [3.8, 4) is 0 Å². The van der Waals surface area contributed by atoms with E-state index in [1.54, 1.807) is 0 Å². The van der Waals surface area contributed by atoms with E-state index in [4.69, 9.17) is 10.5 Å². The van der Waals surface area contributed by atoms with E-state index in [2.05, 4.69) is 9.39 Å². The number of carbonyl (C=O) groups excluding carboxylic acids is 1. The molecule has 0 unspecified atom stereocenters. The second-order valence-electron chi connectivity index (χ2n) is 1.85. The summed E-state index contributed by atoms with van der Waals surface area (Å²) >= 11 is 0. The zero-order chi connectivity index (χ0) is 8.69. The topological polar surface area (TPSA) is 79.6 Å². The van der Waals surface area contributed by atoms with Gasteiger partial charge in [-0.1, -0.05) is 0 Å². The lowest BCUT2D eigenvalue weighted by Crippen LogP contribution is -2.21. The number of hydrogen-bond acceptors (Lipinski definition) is 5. The maximum absolute atomic E-state index is 10.7. The van der Waals surface area contributed by atoms with Crippen LogP contribution in [-0.4, -0.2) is 38.7 Å². The molecule has 0 aliphatic carbocycles. The highest BCUT2D eigenvalue weighted by Crippen LogP contribution is 2.03. The number of methoxy groups -OCH3 is 1. The van der Waals surface area contributed by atoms with Crippen LogP contribution in [0, 0.1) is 5.41 Å². The van der Waals surface area contributed by atoms with E-state index < -0.39 is 11.8 Å². The lowest BCUT2D eigenvalue weighted by atomic mass is 9.81. The number of carbonyl (C=O) groups is 1. The van der Waals surface area contributed by atoms with Crippen LogP contribution in [0.3, 0.4) is 0 Å². The fraction of sp³-hybridized carbons (Fsp3) is 0.600. The van der Waals surface area contributed by atoms with Gasteiger partial charge in [-0.15, -0.1) is 0 Å². The lowest BCUT2D eigenvalue weighted by Gasteiger charge is -2.07. The van der Waals surface area contributed by atoms with E-state index >= 15 is 0 Å². The number of esters is 1. The molecule has 0 radical (unpaired) electrons. The molecule has 0 heterocycles. The number of rotatable bonds is 5. The largest absolute Gasteiger partial charge is 0.556 e. The minimum Gasteiger partial charge on any atom is -0.556 e. The second-order valence-corrected chi connectivity index (χ2v) is 1.85. The fourth-order valence-corrected chi connectivity index (χ4v) is 0.526. The smallest absolute Gasteiger partial charge is 0.357 e. The van der Waals surface area contributed by atoms with Gasteiger partial charge in [-0.2, -0.15) is 0 Å². The van der Waals surface area contributed by atoms with Crippen molar-refractivity contribution in [1.82, 2.24) is 0 Å². The molecule has 0 saturated heterocycles. The minimum atomic E-state index is -0.693. The average molecular weight is 159 g/mol. The Balaban J connectivity index is 3.74. The number of ether oxygens (including phenoxy) is 1. The van der Waals surface area contributed by atoms with Gasteiger partial charge in [0.05, 0.1) is 19.5 Å². The molecule has 0 aromatic heterocycles. The van der Waals surface area contributed by atoms with Crippen molar-refractivity contribution in [2.75, 3.05) is 13.7 Å². The summed E-state index contributed by atoms with van der Waals surface area (Å²) in [5.74, 6) is -1.23. The van der Waals surface area contributed by atoms with E-state index in [1.807, 2.05) is 0 Å². The molecule has 2 N–H and O–H groups in total. The molecule has 0 rings (SSSR count). The van der Waals surface area contributed by atoms with Gasteiger partial charge in [0.25, 0.3) is 0 Å². The predicted molar refractivity (Wildman–Crippen MR) is 39.9 cm³/mol. The molecule has 0 fully saturated rings. The molecule has 0 aromatic rings. The maximum atomic E-state index is 10.7. The number of nitrogens with one attached hydrogen (secondary N) is 1. The first-order valence-corrected chi connectivity index (χ1v) is 3.05. The van der Waals surface area contributed by atoms with Crippen molar-refractivity contribution in [3.63, 3.8) is 0 Å². The van der Waals surface area contributed by atoms with E-state index in [1.165, 1.54) is 7.11 Å². The van der Waals surface area contributed by atoms with E-state index in [0.29, 0.717) is 6.40 Å². The van der Waals surface area contributed by atoms with Crippen LogP contribution in [0.25, 0.3) is 0 Å². The van der Waals surface area contributed by atoms with Crippen LogP contribution in [-0.2, 0) is 14.2 Å². The molecule has 0 aliphatic heterocycles. The standard InChI is InChI=1S/C5H10BNO4/c1-10-5(9)4(2-8)6-11-3-7/h3-4,6-8H,2H2,1H3/t4-/m0/s1. The third-order valence-corrected chi connectivity index (χ3v) is 1.14. The van der Waals surface area contributed by atoms with Gasteiger partial charge >= 0.3 is 13.5 Å². The summed E-state index contributed by atoms with van der Waals surface area (Å²) in [6.07, 6.45) is 0.714. The molecule has 0 aromatic carbocycles. The van der Waals surface area contributed by atoms with Gasteiger partial charge in [-0.3, -0.25) is 10.2 Å². The Hall–Kier alpha value is -1.04. The highest BCUT2D eigenvalue weighted by atomic mass is 16.5. The SMILES string of the molecule is COC(=O)[C@@H](BOC=N)CO. The van der Waals surface area contributed by atoms with Crippen LogP contribution >= 0.6 is 0 Å². The summed E-state index contributed by atoms with van der Waals surface area (Å²) < 4.78 is 8.84. The summed E-state index contributed by atoms with van der Waals surface area (Å²) in [7, 11) is 1.21. The first kappa shape index (κ1) is 9.96. The number of hydrogen-bond donors (Lipinski definition) is 2. The van der Waals surface area contributed by atoms with Crippen LogP contribution < -0.4 is 0 Å². The summed E-state index contributed by atoms with van der Waals surface area (Å²) in [5.41, 5.74) is 0. The molecular formula is C5H10BNO4. The first-order valence-electron chi connectivity index (χ1n) is 3.05. The minimum absolute atomic E-state index is 0.0212. The molecule has 62 valence electrons. The van der Waals surface area contributed by atoms with Gasteiger partial charge in [0.2, 0.25) is 0 Å². The Morgan fingerprint density at radius 2 is 2.55 bits per heavy atom. The molecule has 0 bridgehead atoms. The molecule has 11 heavy (non-hydrogen) atoms. The van der Waals surface area contributed by atoms with Crippen LogP contribution in [0.5, 0.6) is 0 Å². The van der Waals surface area contributed by atoms with Crippen LogP contribution in [0.4, 0.5) is 0 Å². The van der Waals surface area contributed by atoms with Gasteiger partial charge in [0, 0.05) is 0 Å². The van der Waals surface area contributed by atoms with E-state index in [9.17, 15) is 4.79 Å². The average Bonchev–Trinajstić information content (AvgIpc) is 2.05. The molecule has 0 aliphatic rings. The van der Waals surface area contributed by atoms with Gasteiger partial charge in [-0.25, -0.2) is 0 Å². The molecule has 0 spiro atoms. The van der Waals surface area contributed by atoms with Gasteiger partial charge in [0.15, 0.2) is 0 Å². The zero-order valence-corrected chi connectivity index (χ0v) is 6.24. The number of aliphatic hydroxyl groups is 1. The zero-order valence-electron chi connectivity index (χ0n) is 6.24. The Morgan fingerprint density at radius 3 is 2.91 bits per heavy atom. The summed E-state index contributed by atoms with van der Waals surface area (Å²) in [5, 5.41) is 15.1. The van der Waals surface area contributed by atoms with Crippen molar-refractivity contribution in [3.05, 3.63) is 0 Å². The normalized spacial score (nSPS) is 11.5. The van der Waals surface area contributed by atoms with Gasteiger partial charge < -0.3 is 14.5 Å². The summed E-state index contributed by atoms with van der Waals surface area (Å²) in [4.78, 5) is 10.7. The van der Waals surface area contributed by atoms with Crippen molar-refractivity contribution in [2.45, 2.75) is 5.82 Å². The lowest BCUT2D eigenvalue weighted by molar-refractivity contribution is -0.141. The highest BCUT2D eigenvalue weighted by Gasteiger charge is 2.20. The third kappa shape index (κ3) is 3.62. The van der Waals surface area contributed by atoms with Crippen LogP contribution in [0.1, 0.15) is 0 Å². The molecule has 1 atom stereocenters. The Bertz CT molecular complexity index is 140. The third-order valence-electron chi connectivity index (χ3n) is 1.14. The first-order chi connectivity index (χ1) is 5.26. The van der Waals surface area contributed by atoms with E-state index in [0.717, 1.165) is 0 Å². The quantitative estimate of drug-likeness (QED) is 0.231. The Labute approximate surface area is 65.1 Å². The van der Waals surface area contributed by atoms with E-state index in [-0.39, 0.29) is 14.1 Å². The number of aliphatic hydroxyl groups excluding tert-OH is 1. The van der Waals surface area contributed by atoms with Crippen molar-refractivity contribution in [1.29, 1.82) is 5.41 Å². The molecule has 5 nitrogen and oxygen atoms in total. The highest BCUT2D eigenvalue weighted by molar-refractivity contribution is 6.38. The van der Waals surface area contributed by atoms with Gasteiger partial charge in [0.1, 0.15) is 6.40 Å². The second kappa shape index (κ2) is 5.73. The van der Waals surface area contributed by atoms with Crippen molar-refractivity contribution >= 4 is 19.9 Å². The Kier molecular flexibility index (Phi) is 5.19. The Morgan fingerprint density at radius 1 is 1.91 bits per heavy atom. The van der Waals surface area contributed by atoms with Crippen molar-refractivity contribution < 1.29 is 19.3 Å². The maximum Gasteiger partial charge on any atom is 0.357 e. The molecular weight excluding hydrogens is 149 g/mol. The van der Waals surface area contributed by atoms with Crippen LogP contribution in [0.2, 0.25) is 5.82 Å². The monoisotopic (exact) mass is 159 g/mol. The molecule has 0 amide bonds. The summed E-state index contributed by atoms with van der Waals surface area (Å²) in [6, 6.07) is 0.